The lowest BCUT2D eigenvalue weighted by atomic mass is 9.95. The van der Waals surface area contributed by atoms with Gasteiger partial charge in [0.2, 0.25) is 0 Å². The van der Waals surface area contributed by atoms with Crippen molar-refractivity contribution in [3.63, 3.8) is 0 Å². The van der Waals surface area contributed by atoms with Crippen molar-refractivity contribution in [1.82, 2.24) is 4.57 Å². The van der Waals surface area contributed by atoms with Crippen LogP contribution in [0.4, 0.5) is 0 Å². The molecule has 2 aromatic carbocycles. The van der Waals surface area contributed by atoms with Crippen LogP contribution in [0.3, 0.4) is 0 Å². The molecule has 0 N–H and O–H groups in total. The van der Waals surface area contributed by atoms with E-state index in [9.17, 15) is 9.59 Å². The van der Waals surface area contributed by atoms with E-state index in [1.54, 1.807) is 31.6 Å². The van der Waals surface area contributed by atoms with Crippen molar-refractivity contribution in [2.75, 3.05) is 20.3 Å². The van der Waals surface area contributed by atoms with Crippen LogP contribution in [0.2, 0.25) is 0 Å². The molecule has 0 amide bonds. The minimum Gasteiger partial charge on any atom is -0.493 e. The van der Waals surface area contributed by atoms with Crippen molar-refractivity contribution in [3.8, 4) is 17.2 Å². The van der Waals surface area contributed by atoms with Crippen molar-refractivity contribution in [2.24, 2.45) is 4.99 Å². The monoisotopic (exact) mass is 576 g/mol. The Bertz CT molecular complexity index is 1660. The topological polar surface area (TPSA) is 88.4 Å². The molecule has 0 saturated heterocycles. The number of carbonyl (C=O) groups excluding carboxylic acids is 1. The summed E-state index contributed by atoms with van der Waals surface area (Å²) >= 11 is 1.26. The Morgan fingerprint density at radius 1 is 1.17 bits per heavy atom. The van der Waals surface area contributed by atoms with E-state index < -0.39 is 12.0 Å². The van der Waals surface area contributed by atoms with Crippen LogP contribution in [0.5, 0.6) is 17.2 Å². The number of esters is 1. The average Bonchev–Trinajstić information content (AvgIpc) is 3.23. The minimum absolute atomic E-state index is 0.109. The Kier molecular flexibility index (Phi) is 9.50. The van der Waals surface area contributed by atoms with Crippen molar-refractivity contribution in [2.45, 2.75) is 53.2 Å². The molecule has 9 heteroatoms. The van der Waals surface area contributed by atoms with E-state index in [1.807, 2.05) is 63.2 Å². The number of fused-ring (bicyclic) bond motifs is 1. The van der Waals surface area contributed by atoms with Crippen molar-refractivity contribution in [3.05, 3.63) is 96.7 Å². The van der Waals surface area contributed by atoms with Gasteiger partial charge in [0.05, 0.1) is 42.2 Å². The summed E-state index contributed by atoms with van der Waals surface area (Å²) in [6, 6.07) is 10.5. The number of ether oxygens (including phenoxy) is 4. The molecule has 0 spiro atoms. The molecule has 216 valence electrons. The molecule has 1 aliphatic heterocycles. The van der Waals surface area contributed by atoms with Gasteiger partial charge in [0, 0.05) is 11.1 Å². The summed E-state index contributed by atoms with van der Waals surface area (Å²) in [4.78, 5) is 32.5. The van der Waals surface area contributed by atoms with Gasteiger partial charge in [-0.1, -0.05) is 35.6 Å². The standard InChI is InChI=1S/C32H36N2O6S/c1-8-13-22-16-21(17-25(37-7)29(22)38-9-2)18-26-30(35)34-28(23-14-11-12-15-24(23)40-19(4)5)27(31(36)39-10-3)20(6)33-32(34)41-26/h8,11-12,14-19,28H,1,9-10,13H2,2-7H3/b26-18+. The molecule has 3 aromatic rings. The van der Waals surface area contributed by atoms with Gasteiger partial charge in [0.25, 0.3) is 5.56 Å². The highest BCUT2D eigenvalue weighted by atomic mass is 32.1. The maximum Gasteiger partial charge on any atom is 0.338 e. The number of thiazole rings is 1. The highest BCUT2D eigenvalue weighted by molar-refractivity contribution is 7.07. The van der Waals surface area contributed by atoms with Crippen LogP contribution in [0.25, 0.3) is 6.08 Å². The zero-order valence-corrected chi connectivity index (χ0v) is 25.2. The maximum atomic E-state index is 14.1. The third-order valence-electron chi connectivity index (χ3n) is 6.42. The number of rotatable bonds is 11. The number of benzene rings is 2. The number of hydrogen-bond donors (Lipinski definition) is 0. The van der Waals surface area contributed by atoms with E-state index in [0.717, 1.165) is 11.1 Å². The van der Waals surface area contributed by atoms with Crippen molar-refractivity contribution in [1.29, 1.82) is 0 Å². The fraction of sp³-hybridized carbons (Fsp3) is 0.344. The third-order valence-corrected chi connectivity index (χ3v) is 7.40. The van der Waals surface area contributed by atoms with Crippen LogP contribution in [0.15, 0.2) is 70.1 Å². The SMILES string of the molecule is C=CCc1cc(/C=c2/sc3n(c2=O)C(c2ccccc2OC(C)C)C(C(=O)OCC)=C(C)N=3)cc(OC)c1OCC. The third kappa shape index (κ3) is 6.15. The first kappa shape index (κ1) is 29.9. The Hall–Kier alpha value is -4.11. The lowest BCUT2D eigenvalue weighted by Crippen LogP contribution is -2.40. The summed E-state index contributed by atoms with van der Waals surface area (Å²) < 4.78 is 25.0. The summed E-state index contributed by atoms with van der Waals surface area (Å²) in [5.74, 6) is 1.30. The van der Waals surface area contributed by atoms with E-state index >= 15 is 0 Å². The quantitative estimate of drug-likeness (QED) is 0.243. The number of methoxy groups -OCH3 is 1. The van der Waals surface area contributed by atoms with Gasteiger partial charge in [-0.15, -0.1) is 6.58 Å². The number of carbonyl (C=O) groups is 1. The van der Waals surface area contributed by atoms with Crippen LogP contribution in [0, 0.1) is 0 Å². The Labute approximate surface area is 243 Å². The summed E-state index contributed by atoms with van der Waals surface area (Å²) in [6.07, 6.45) is 4.07. The summed E-state index contributed by atoms with van der Waals surface area (Å²) in [5, 5.41) is 0. The number of aromatic nitrogens is 1. The van der Waals surface area contributed by atoms with E-state index in [0.29, 0.717) is 56.4 Å². The van der Waals surface area contributed by atoms with Crippen molar-refractivity contribution >= 4 is 23.4 Å². The number of allylic oxidation sites excluding steroid dienone is 2. The molecular formula is C32H36N2O6S. The molecule has 0 fully saturated rings. The Balaban J connectivity index is 1.97. The molecule has 4 rings (SSSR count). The highest BCUT2D eigenvalue weighted by Crippen LogP contribution is 2.37. The molecule has 2 heterocycles. The Morgan fingerprint density at radius 3 is 2.59 bits per heavy atom. The molecule has 41 heavy (non-hydrogen) atoms. The lowest BCUT2D eigenvalue weighted by molar-refractivity contribution is -0.139. The second-order valence-electron chi connectivity index (χ2n) is 9.64. The van der Waals surface area contributed by atoms with Crippen LogP contribution >= 0.6 is 11.3 Å². The zero-order valence-electron chi connectivity index (χ0n) is 24.4. The van der Waals surface area contributed by atoms with Gasteiger partial charge >= 0.3 is 5.97 Å². The fourth-order valence-corrected chi connectivity index (χ4v) is 5.89. The molecular weight excluding hydrogens is 540 g/mol. The molecule has 0 aliphatic carbocycles. The highest BCUT2D eigenvalue weighted by Gasteiger charge is 2.35. The van der Waals surface area contributed by atoms with Crippen LogP contribution in [-0.4, -0.2) is 37.0 Å². The smallest absolute Gasteiger partial charge is 0.338 e. The average molecular weight is 577 g/mol. The molecule has 0 bridgehead atoms. The van der Waals surface area contributed by atoms with E-state index in [4.69, 9.17) is 18.9 Å². The van der Waals surface area contributed by atoms with E-state index in [2.05, 4.69) is 11.6 Å². The molecule has 0 saturated carbocycles. The van der Waals surface area contributed by atoms with Crippen molar-refractivity contribution < 1.29 is 23.7 Å². The maximum absolute atomic E-state index is 14.1. The zero-order chi connectivity index (χ0) is 29.7. The first-order chi connectivity index (χ1) is 19.7. The van der Waals surface area contributed by atoms with E-state index in [-0.39, 0.29) is 18.3 Å². The normalized spacial score (nSPS) is 14.9. The number of nitrogens with zero attached hydrogens (tertiary/aromatic N) is 2. The van der Waals surface area contributed by atoms with Crippen LogP contribution in [0.1, 0.15) is 57.4 Å². The molecule has 1 atom stereocenters. The van der Waals surface area contributed by atoms with Gasteiger partial charge in [0.1, 0.15) is 11.8 Å². The van der Waals surface area contributed by atoms with E-state index in [1.165, 1.54) is 11.3 Å². The number of para-hydroxylation sites is 1. The molecule has 8 nitrogen and oxygen atoms in total. The summed E-state index contributed by atoms with van der Waals surface area (Å²) in [5.41, 5.74) is 2.89. The number of hydrogen-bond acceptors (Lipinski definition) is 8. The largest absolute Gasteiger partial charge is 0.493 e. The van der Waals surface area contributed by atoms with Crippen LogP contribution < -0.4 is 29.1 Å². The molecule has 0 radical (unpaired) electrons. The molecule has 1 unspecified atom stereocenters. The second kappa shape index (κ2) is 13.0. The van der Waals surface area contributed by atoms with Gasteiger partial charge in [-0.3, -0.25) is 9.36 Å². The summed E-state index contributed by atoms with van der Waals surface area (Å²) in [7, 11) is 1.59. The Morgan fingerprint density at radius 2 is 1.93 bits per heavy atom. The van der Waals surface area contributed by atoms with Gasteiger partial charge in [0.15, 0.2) is 16.3 Å². The predicted octanol–water partition coefficient (Wildman–Crippen LogP) is 4.72. The van der Waals surface area contributed by atoms with Gasteiger partial charge in [-0.2, -0.15) is 0 Å². The summed E-state index contributed by atoms with van der Waals surface area (Å²) in [6.45, 7) is 13.8. The lowest BCUT2D eigenvalue weighted by Gasteiger charge is -2.26. The van der Waals surface area contributed by atoms with Gasteiger partial charge in [-0.05, 0) is 70.9 Å². The first-order valence-corrected chi connectivity index (χ1v) is 14.4. The predicted molar refractivity (Wildman–Crippen MR) is 161 cm³/mol. The minimum atomic E-state index is -0.770. The van der Waals surface area contributed by atoms with Gasteiger partial charge < -0.3 is 18.9 Å². The molecule has 1 aliphatic rings. The van der Waals surface area contributed by atoms with Gasteiger partial charge in [-0.25, -0.2) is 9.79 Å². The first-order valence-electron chi connectivity index (χ1n) is 13.6. The fourth-order valence-electron chi connectivity index (χ4n) is 4.84. The molecule has 1 aromatic heterocycles. The van der Waals surface area contributed by atoms with Crippen LogP contribution in [-0.2, 0) is 16.0 Å². The second-order valence-corrected chi connectivity index (χ2v) is 10.7.